The molecule has 1 N–H and O–H groups in total. The number of hydrazone groups is 1. The number of hydrogen-bond acceptors (Lipinski definition) is 5. The zero-order chi connectivity index (χ0) is 22.3. The summed E-state index contributed by atoms with van der Waals surface area (Å²) in [5.74, 6) is 0.538. The van der Waals surface area contributed by atoms with Crippen molar-refractivity contribution in [3.63, 3.8) is 0 Å². The molecule has 0 unspecified atom stereocenters. The zero-order valence-corrected chi connectivity index (χ0v) is 19.0. The average Bonchev–Trinajstić information content (AvgIpc) is 3.24. The molecule has 4 aromatic rings. The van der Waals surface area contributed by atoms with E-state index in [4.69, 9.17) is 23.2 Å². The van der Waals surface area contributed by atoms with Crippen molar-refractivity contribution in [1.29, 1.82) is 0 Å². The third kappa shape index (κ3) is 5.56. The van der Waals surface area contributed by atoms with Crippen LogP contribution in [0.25, 0.3) is 17.1 Å². The molecule has 0 saturated heterocycles. The molecule has 0 saturated carbocycles. The molecular weight excluding hydrogens is 465 g/mol. The van der Waals surface area contributed by atoms with Crippen LogP contribution in [0.4, 0.5) is 0 Å². The van der Waals surface area contributed by atoms with Crippen molar-refractivity contribution in [2.24, 2.45) is 5.10 Å². The van der Waals surface area contributed by atoms with Crippen LogP contribution < -0.4 is 5.43 Å². The van der Waals surface area contributed by atoms with Crippen molar-refractivity contribution in [2.75, 3.05) is 5.75 Å². The fourth-order valence-electron chi connectivity index (χ4n) is 2.85. The molecule has 0 aliphatic rings. The number of carbonyl (C=O) groups is 1. The molecule has 0 fully saturated rings. The zero-order valence-electron chi connectivity index (χ0n) is 16.7. The number of rotatable bonds is 7. The van der Waals surface area contributed by atoms with Crippen LogP contribution in [0.1, 0.15) is 5.56 Å². The first-order valence-corrected chi connectivity index (χ1v) is 11.3. The molecule has 4 rings (SSSR count). The SMILES string of the molecule is O=C(CSc1nnc(-c2ccc(Cl)cc2)n1-c1ccccc1)N/N=C/c1ccc(Cl)cc1. The number of nitrogens with one attached hydrogen (secondary N) is 1. The van der Waals surface area contributed by atoms with Crippen LogP contribution in [0.5, 0.6) is 0 Å². The van der Waals surface area contributed by atoms with Crippen LogP contribution >= 0.6 is 35.0 Å². The first-order chi connectivity index (χ1) is 15.6. The normalized spacial score (nSPS) is 11.1. The Morgan fingerprint density at radius 3 is 2.28 bits per heavy atom. The van der Waals surface area contributed by atoms with E-state index < -0.39 is 0 Å². The third-order valence-corrected chi connectivity index (χ3v) is 5.79. The second-order valence-electron chi connectivity index (χ2n) is 6.62. The Balaban J connectivity index is 1.49. The molecule has 0 bridgehead atoms. The van der Waals surface area contributed by atoms with Crippen LogP contribution in [-0.4, -0.2) is 32.6 Å². The second kappa shape index (κ2) is 10.5. The molecule has 3 aromatic carbocycles. The lowest BCUT2D eigenvalue weighted by molar-refractivity contribution is -0.118. The number of nitrogens with zero attached hydrogens (tertiary/aromatic N) is 4. The molecular formula is C23H17Cl2N5OS. The maximum atomic E-state index is 12.3. The van der Waals surface area contributed by atoms with Gasteiger partial charge in [0.15, 0.2) is 11.0 Å². The monoisotopic (exact) mass is 481 g/mol. The van der Waals surface area contributed by atoms with Gasteiger partial charge in [-0.15, -0.1) is 10.2 Å². The summed E-state index contributed by atoms with van der Waals surface area (Å²) < 4.78 is 1.91. The lowest BCUT2D eigenvalue weighted by atomic mass is 10.2. The second-order valence-corrected chi connectivity index (χ2v) is 8.43. The van der Waals surface area contributed by atoms with E-state index in [1.807, 2.05) is 59.2 Å². The number of aromatic nitrogens is 3. The topological polar surface area (TPSA) is 72.2 Å². The molecule has 32 heavy (non-hydrogen) atoms. The molecule has 6 nitrogen and oxygen atoms in total. The Hall–Kier alpha value is -3.13. The van der Waals surface area contributed by atoms with Gasteiger partial charge in [-0.25, -0.2) is 5.43 Å². The smallest absolute Gasteiger partial charge is 0.250 e. The minimum atomic E-state index is -0.254. The maximum Gasteiger partial charge on any atom is 0.250 e. The number of benzene rings is 3. The molecule has 1 aromatic heterocycles. The Morgan fingerprint density at radius 2 is 1.59 bits per heavy atom. The van der Waals surface area contributed by atoms with E-state index in [9.17, 15) is 4.79 Å². The highest BCUT2D eigenvalue weighted by molar-refractivity contribution is 7.99. The number of amides is 1. The average molecular weight is 482 g/mol. The van der Waals surface area contributed by atoms with Gasteiger partial charge in [-0.2, -0.15) is 5.10 Å². The molecule has 0 aliphatic carbocycles. The number of carbonyl (C=O) groups excluding carboxylic acids is 1. The van der Waals surface area contributed by atoms with Crippen LogP contribution in [-0.2, 0) is 4.79 Å². The van der Waals surface area contributed by atoms with Gasteiger partial charge in [0.2, 0.25) is 0 Å². The van der Waals surface area contributed by atoms with Gasteiger partial charge in [0, 0.05) is 21.3 Å². The molecule has 0 aliphatic heterocycles. The van der Waals surface area contributed by atoms with E-state index in [-0.39, 0.29) is 11.7 Å². The largest absolute Gasteiger partial charge is 0.272 e. The van der Waals surface area contributed by atoms with Crippen LogP contribution in [0.3, 0.4) is 0 Å². The predicted octanol–water partition coefficient (Wildman–Crippen LogP) is 5.48. The van der Waals surface area contributed by atoms with E-state index in [0.717, 1.165) is 16.8 Å². The maximum absolute atomic E-state index is 12.3. The van der Waals surface area contributed by atoms with Gasteiger partial charge in [0.1, 0.15) is 0 Å². The Bertz CT molecular complexity index is 1230. The molecule has 0 radical (unpaired) electrons. The van der Waals surface area contributed by atoms with Gasteiger partial charge in [0.25, 0.3) is 5.91 Å². The van der Waals surface area contributed by atoms with Gasteiger partial charge in [-0.1, -0.05) is 65.3 Å². The van der Waals surface area contributed by atoms with Gasteiger partial charge in [-0.05, 0) is 54.1 Å². The van der Waals surface area contributed by atoms with E-state index in [2.05, 4.69) is 20.7 Å². The summed E-state index contributed by atoms with van der Waals surface area (Å²) in [6.45, 7) is 0. The fraction of sp³-hybridized carbons (Fsp3) is 0.0435. The van der Waals surface area contributed by atoms with E-state index in [0.29, 0.717) is 21.0 Å². The number of para-hydroxylation sites is 1. The lowest BCUT2D eigenvalue weighted by Crippen LogP contribution is -2.20. The van der Waals surface area contributed by atoms with Crippen molar-refractivity contribution in [3.8, 4) is 17.1 Å². The summed E-state index contributed by atoms with van der Waals surface area (Å²) >= 11 is 13.2. The summed E-state index contributed by atoms with van der Waals surface area (Å²) in [5, 5.41) is 14.5. The van der Waals surface area contributed by atoms with Gasteiger partial charge < -0.3 is 0 Å². The van der Waals surface area contributed by atoms with Gasteiger partial charge in [-0.3, -0.25) is 9.36 Å². The molecule has 0 spiro atoms. The molecule has 1 heterocycles. The van der Waals surface area contributed by atoms with E-state index >= 15 is 0 Å². The predicted molar refractivity (Wildman–Crippen MR) is 130 cm³/mol. The van der Waals surface area contributed by atoms with Gasteiger partial charge >= 0.3 is 0 Å². The quantitative estimate of drug-likeness (QED) is 0.215. The van der Waals surface area contributed by atoms with Crippen molar-refractivity contribution < 1.29 is 4.79 Å². The van der Waals surface area contributed by atoms with Crippen molar-refractivity contribution in [1.82, 2.24) is 20.2 Å². The molecule has 0 atom stereocenters. The summed E-state index contributed by atoms with van der Waals surface area (Å²) in [5.41, 5.74) is 5.12. The first-order valence-electron chi connectivity index (χ1n) is 9.57. The molecule has 9 heteroatoms. The molecule has 160 valence electrons. The highest BCUT2D eigenvalue weighted by Crippen LogP contribution is 2.28. The minimum Gasteiger partial charge on any atom is -0.272 e. The Kier molecular flexibility index (Phi) is 7.21. The number of hydrogen-bond donors (Lipinski definition) is 1. The third-order valence-electron chi connectivity index (χ3n) is 4.36. The van der Waals surface area contributed by atoms with Crippen molar-refractivity contribution in [3.05, 3.63) is 94.5 Å². The van der Waals surface area contributed by atoms with Crippen molar-refractivity contribution >= 4 is 47.1 Å². The summed E-state index contributed by atoms with van der Waals surface area (Å²) in [4.78, 5) is 12.3. The fourth-order valence-corrected chi connectivity index (χ4v) is 3.85. The van der Waals surface area contributed by atoms with Crippen LogP contribution in [0.2, 0.25) is 10.0 Å². The van der Waals surface area contributed by atoms with Crippen LogP contribution in [0.15, 0.2) is 89.1 Å². The number of thioether (sulfide) groups is 1. The highest BCUT2D eigenvalue weighted by atomic mass is 35.5. The standard InChI is InChI=1S/C23H17Cl2N5OS/c24-18-10-6-16(7-11-18)14-26-27-21(31)15-32-23-29-28-22(17-8-12-19(25)13-9-17)30(23)20-4-2-1-3-5-20/h1-14H,15H2,(H,27,31)/b26-14+. The summed E-state index contributed by atoms with van der Waals surface area (Å²) in [6, 6.07) is 24.3. The molecule has 1 amide bonds. The van der Waals surface area contributed by atoms with Crippen LogP contribution in [0, 0.1) is 0 Å². The van der Waals surface area contributed by atoms with Crippen molar-refractivity contribution in [2.45, 2.75) is 5.16 Å². The van der Waals surface area contributed by atoms with E-state index in [1.165, 1.54) is 11.8 Å². The minimum absolute atomic E-state index is 0.129. The summed E-state index contributed by atoms with van der Waals surface area (Å²) in [6.07, 6.45) is 1.56. The lowest BCUT2D eigenvalue weighted by Gasteiger charge is -2.10. The van der Waals surface area contributed by atoms with E-state index in [1.54, 1.807) is 30.5 Å². The highest BCUT2D eigenvalue weighted by Gasteiger charge is 2.17. The summed E-state index contributed by atoms with van der Waals surface area (Å²) in [7, 11) is 0. The first kappa shape index (κ1) is 22.1. The van der Waals surface area contributed by atoms with Gasteiger partial charge in [0.05, 0.1) is 12.0 Å². The Labute approximate surface area is 199 Å². The Morgan fingerprint density at radius 1 is 0.938 bits per heavy atom. The number of halogens is 2.